The minimum absolute atomic E-state index is 0.0473. The van der Waals surface area contributed by atoms with Gasteiger partial charge < -0.3 is 21.7 Å². The van der Waals surface area contributed by atoms with Crippen LogP contribution in [-0.4, -0.2) is 80.4 Å². The van der Waals surface area contributed by atoms with E-state index < -0.39 is 47.0 Å². The first-order chi connectivity index (χ1) is 30.2. The number of rotatable bonds is 5. The molecular formula is C42H43ClF6N12O2. The zero-order chi connectivity index (χ0) is 44.5. The molecule has 6 unspecified atom stereocenters. The number of carbonyl (C=O) groups is 2. The predicted molar refractivity (Wildman–Crippen MR) is 220 cm³/mol. The van der Waals surface area contributed by atoms with Gasteiger partial charge in [0.2, 0.25) is 23.0 Å². The first kappa shape index (κ1) is 43.7. The lowest BCUT2D eigenvalue weighted by Gasteiger charge is -2.26. The number of anilines is 3. The molecule has 4 fully saturated rings. The molecule has 21 heteroatoms. The molecule has 2 aliphatic carbocycles. The Morgan fingerprint density at radius 3 is 1.56 bits per heavy atom. The van der Waals surface area contributed by atoms with Crippen LogP contribution in [-0.2, 0) is 9.59 Å². The minimum Gasteiger partial charge on any atom is -0.381 e. The van der Waals surface area contributed by atoms with Crippen LogP contribution in [0.25, 0.3) is 0 Å². The fourth-order valence-electron chi connectivity index (χ4n) is 9.60. The Kier molecular flexibility index (Phi) is 12.8. The van der Waals surface area contributed by atoms with Crippen LogP contribution in [0.1, 0.15) is 61.7 Å². The van der Waals surface area contributed by atoms with E-state index in [4.69, 9.17) is 23.1 Å². The number of hydrazone groups is 2. The summed E-state index contributed by atoms with van der Waals surface area (Å²) in [5, 5.41) is 14.3. The van der Waals surface area contributed by atoms with Crippen LogP contribution in [0.15, 0.2) is 59.0 Å². The molecule has 4 aliphatic heterocycles. The Bertz CT molecular complexity index is 2410. The molecule has 2 aromatic carbocycles. The van der Waals surface area contributed by atoms with Crippen molar-refractivity contribution >= 4 is 53.4 Å². The third-order valence-electron chi connectivity index (χ3n) is 12.6. The van der Waals surface area contributed by atoms with Gasteiger partial charge in [-0.15, -0.1) is 0 Å². The molecule has 2 saturated carbocycles. The monoisotopic (exact) mass is 896 g/mol. The quantitative estimate of drug-likeness (QED) is 0.154. The lowest BCUT2D eigenvalue weighted by atomic mass is 10.00. The highest BCUT2D eigenvalue weighted by molar-refractivity contribution is 6.28. The number of hydrogen-bond acceptors (Lipinski definition) is 12. The Labute approximate surface area is 362 Å². The number of aromatic nitrogens is 4. The number of nitrogens with two attached hydrogens (primary N) is 2. The number of amides is 2. The maximum absolute atomic E-state index is 14.3. The van der Waals surface area contributed by atoms with Crippen LogP contribution in [0.5, 0.6) is 0 Å². The number of nitrogens with one attached hydrogen (secondary N) is 1. The standard InChI is InChI=1S/C21H21F3N6O.C17H19F2N3O.C4H3ClFN3/c22-14-1-2-16(23)15(7-14)18-3-4-27-30(18)20(31)11-5-12-9-29(10-13(12)6-11)21-26-8-17(24)19(25)28-21;18-13-1-2-15(19)14(7-13)16-3-4-21-22(16)17(23)10-5-11-8-20-9-12(11)6-10;5-4-8-1-2(6)3(7)9-4/h1-2,4,7-8,11-13,18H,3,5-6,9-10H2,(H2,25,26,28);1-2,4,7,10-12,16,20H,3,5-6,8-9H2;1H,(H2,7,8,9). The van der Waals surface area contributed by atoms with Gasteiger partial charge in [-0.05, 0) is 110 Å². The molecule has 10 rings (SSSR count). The first-order valence-corrected chi connectivity index (χ1v) is 20.9. The van der Waals surface area contributed by atoms with Crippen LogP contribution in [0.3, 0.4) is 0 Å². The van der Waals surface area contributed by atoms with E-state index in [9.17, 15) is 35.9 Å². The molecule has 6 aliphatic rings. The van der Waals surface area contributed by atoms with E-state index in [2.05, 4.69) is 35.5 Å². The second kappa shape index (κ2) is 18.4. The number of halogens is 7. The van der Waals surface area contributed by atoms with Gasteiger partial charge in [0.1, 0.15) is 23.3 Å². The van der Waals surface area contributed by atoms with E-state index in [1.165, 1.54) is 16.1 Å². The van der Waals surface area contributed by atoms with Gasteiger partial charge in [-0.25, -0.2) is 46.3 Å². The molecule has 0 bridgehead atoms. The van der Waals surface area contributed by atoms with Gasteiger partial charge in [-0.1, -0.05) is 0 Å². The summed E-state index contributed by atoms with van der Waals surface area (Å²) in [5.41, 5.74) is 10.9. The topological polar surface area (TPSA) is 184 Å². The van der Waals surface area contributed by atoms with E-state index in [-0.39, 0.29) is 63.5 Å². The number of nitrogens with zero attached hydrogens (tertiary/aromatic N) is 9. The van der Waals surface area contributed by atoms with Crippen LogP contribution >= 0.6 is 11.6 Å². The molecule has 5 N–H and O–H groups in total. The number of hydrogen-bond donors (Lipinski definition) is 3. The summed E-state index contributed by atoms with van der Waals surface area (Å²) in [6.07, 6.45) is 9.00. The third-order valence-corrected chi connectivity index (χ3v) is 12.8. The molecule has 2 amide bonds. The summed E-state index contributed by atoms with van der Waals surface area (Å²) in [6, 6.07) is 5.47. The van der Waals surface area contributed by atoms with E-state index in [1.54, 1.807) is 12.4 Å². The van der Waals surface area contributed by atoms with Gasteiger partial charge >= 0.3 is 0 Å². The van der Waals surface area contributed by atoms with E-state index in [0.29, 0.717) is 56.6 Å². The van der Waals surface area contributed by atoms with Crippen molar-refractivity contribution in [2.75, 3.05) is 42.5 Å². The minimum atomic E-state index is -0.653. The molecule has 6 heterocycles. The third kappa shape index (κ3) is 9.41. The molecule has 0 spiro atoms. The largest absolute Gasteiger partial charge is 0.381 e. The summed E-state index contributed by atoms with van der Waals surface area (Å²) < 4.78 is 81.0. The van der Waals surface area contributed by atoms with Crippen LogP contribution in [0, 0.1) is 70.4 Å². The Balaban J connectivity index is 0.000000149. The maximum atomic E-state index is 14.3. The SMILES string of the molecule is Nc1nc(Cl)ncc1F.Nc1nc(N2CC3CC(C(=O)N4N=CCC4c4cc(F)ccc4F)CC3C2)ncc1F.O=C(C1CC2CNCC2C1)N1N=CCC1c1cc(F)ccc1F. The van der Waals surface area contributed by atoms with Crippen molar-refractivity contribution in [3.05, 3.63) is 100 Å². The summed E-state index contributed by atoms with van der Waals surface area (Å²) >= 11 is 5.25. The van der Waals surface area contributed by atoms with Crippen molar-refractivity contribution in [1.82, 2.24) is 35.3 Å². The summed E-state index contributed by atoms with van der Waals surface area (Å²) in [4.78, 5) is 42.7. The number of carbonyl (C=O) groups excluding carboxylic acids is 2. The van der Waals surface area contributed by atoms with E-state index in [0.717, 1.165) is 68.7 Å². The maximum Gasteiger partial charge on any atom is 0.246 e. The summed E-state index contributed by atoms with van der Waals surface area (Å²) in [7, 11) is 0. The van der Waals surface area contributed by atoms with Crippen molar-refractivity contribution in [3.63, 3.8) is 0 Å². The van der Waals surface area contributed by atoms with Gasteiger partial charge in [-0.2, -0.15) is 20.2 Å². The molecule has 0 radical (unpaired) electrons. The second-order valence-electron chi connectivity index (χ2n) is 16.5. The molecule has 14 nitrogen and oxygen atoms in total. The zero-order valence-corrected chi connectivity index (χ0v) is 34.4. The van der Waals surface area contributed by atoms with Gasteiger partial charge in [0, 0.05) is 61.3 Å². The molecule has 2 saturated heterocycles. The highest BCUT2D eigenvalue weighted by atomic mass is 35.5. The highest BCUT2D eigenvalue weighted by Crippen LogP contribution is 2.45. The normalized spacial score (nSPS) is 26.6. The van der Waals surface area contributed by atoms with Crippen molar-refractivity contribution in [3.8, 4) is 0 Å². The van der Waals surface area contributed by atoms with Crippen molar-refractivity contribution in [1.29, 1.82) is 0 Å². The van der Waals surface area contributed by atoms with Gasteiger partial charge in [-0.3, -0.25) is 9.59 Å². The van der Waals surface area contributed by atoms with Crippen molar-refractivity contribution in [2.24, 2.45) is 45.7 Å². The fourth-order valence-corrected chi connectivity index (χ4v) is 9.74. The second-order valence-corrected chi connectivity index (χ2v) is 16.9. The van der Waals surface area contributed by atoms with Crippen molar-refractivity contribution in [2.45, 2.75) is 50.6 Å². The van der Waals surface area contributed by atoms with Crippen LogP contribution in [0.4, 0.5) is 43.9 Å². The van der Waals surface area contributed by atoms with Crippen LogP contribution in [0.2, 0.25) is 5.28 Å². The molecule has 4 aromatic rings. The zero-order valence-electron chi connectivity index (χ0n) is 33.6. The average molecular weight is 897 g/mol. The van der Waals surface area contributed by atoms with E-state index in [1.807, 2.05) is 4.90 Å². The fraction of sp³-hybridized carbons (Fsp3) is 0.429. The predicted octanol–water partition coefficient (Wildman–Crippen LogP) is 6.22. The number of benzene rings is 2. The molecule has 332 valence electrons. The number of fused-ring (bicyclic) bond motifs is 2. The Morgan fingerprint density at radius 2 is 1.10 bits per heavy atom. The Morgan fingerprint density at radius 1 is 0.635 bits per heavy atom. The molecule has 6 atom stereocenters. The first-order valence-electron chi connectivity index (χ1n) is 20.5. The summed E-state index contributed by atoms with van der Waals surface area (Å²) in [5.74, 6) is -2.27. The molecular weight excluding hydrogens is 854 g/mol. The lowest BCUT2D eigenvalue weighted by Crippen LogP contribution is -2.33. The van der Waals surface area contributed by atoms with E-state index >= 15 is 0 Å². The summed E-state index contributed by atoms with van der Waals surface area (Å²) in [6.45, 7) is 3.26. The smallest absolute Gasteiger partial charge is 0.246 e. The van der Waals surface area contributed by atoms with Gasteiger partial charge in [0.05, 0.1) is 24.5 Å². The molecule has 2 aromatic heterocycles. The van der Waals surface area contributed by atoms with Crippen LogP contribution < -0.4 is 21.7 Å². The Hall–Kier alpha value is -5.89. The van der Waals surface area contributed by atoms with Gasteiger partial charge in [0.15, 0.2) is 23.3 Å². The van der Waals surface area contributed by atoms with Crippen molar-refractivity contribution < 1.29 is 35.9 Å². The van der Waals surface area contributed by atoms with Gasteiger partial charge in [0.25, 0.3) is 0 Å². The lowest BCUT2D eigenvalue weighted by molar-refractivity contribution is -0.138. The average Bonchev–Trinajstić information content (AvgIpc) is 4.12. The molecule has 63 heavy (non-hydrogen) atoms. The number of nitrogen functional groups attached to an aromatic ring is 2. The highest BCUT2D eigenvalue weighted by Gasteiger charge is 2.47.